The van der Waals surface area contributed by atoms with Gasteiger partial charge in [-0.2, -0.15) is 0 Å². The number of para-hydroxylation sites is 1. The van der Waals surface area contributed by atoms with Gasteiger partial charge in [0.05, 0.1) is 0 Å². The summed E-state index contributed by atoms with van der Waals surface area (Å²) < 4.78 is 0. The zero-order valence-corrected chi connectivity index (χ0v) is 10.7. The molecule has 0 bridgehead atoms. The fourth-order valence-electron chi connectivity index (χ4n) is 2.68. The maximum atomic E-state index is 9.21. The van der Waals surface area contributed by atoms with E-state index in [1.54, 1.807) is 0 Å². The van der Waals surface area contributed by atoms with Crippen LogP contribution in [0.25, 0.3) is 21.8 Å². The maximum absolute atomic E-state index is 9.21. The van der Waals surface area contributed by atoms with Crippen LogP contribution in [0.1, 0.15) is 11.1 Å². The standard InChI is InChI=1S/C16H17NO2/c18-7-5-11-9-12(6-8-19)16-14(10-11)13-3-1-2-4-15(13)17-16/h1-4,9-10,17-19H,5-8H2. The lowest BCUT2D eigenvalue weighted by Crippen LogP contribution is -1.96. The Balaban J connectivity index is 2.31. The van der Waals surface area contributed by atoms with Crippen LogP contribution in [-0.2, 0) is 12.8 Å². The molecule has 0 aliphatic carbocycles. The number of rotatable bonds is 4. The number of aliphatic hydroxyl groups excluding tert-OH is 2. The van der Waals surface area contributed by atoms with Gasteiger partial charge < -0.3 is 15.2 Å². The number of aromatic amines is 1. The first-order valence-electron chi connectivity index (χ1n) is 6.57. The number of aromatic nitrogens is 1. The van der Waals surface area contributed by atoms with Crippen molar-refractivity contribution in [2.75, 3.05) is 13.2 Å². The third-order valence-corrected chi connectivity index (χ3v) is 3.54. The van der Waals surface area contributed by atoms with E-state index in [1.165, 1.54) is 10.8 Å². The predicted octanol–water partition coefficient (Wildman–Crippen LogP) is 2.39. The summed E-state index contributed by atoms with van der Waals surface area (Å²) in [4.78, 5) is 3.43. The lowest BCUT2D eigenvalue weighted by Gasteiger charge is -2.06. The molecule has 19 heavy (non-hydrogen) atoms. The van der Waals surface area contributed by atoms with Gasteiger partial charge in [0.25, 0.3) is 0 Å². The summed E-state index contributed by atoms with van der Waals surface area (Å²) in [5.74, 6) is 0. The number of H-pyrrole nitrogens is 1. The Morgan fingerprint density at radius 2 is 1.68 bits per heavy atom. The van der Waals surface area contributed by atoms with E-state index >= 15 is 0 Å². The van der Waals surface area contributed by atoms with E-state index in [1.807, 2.05) is 12.1 Å². The predicted molar refractivity (Wildman–Crippen MR) is 77.4 cm³/mol. The minimum absolute atomic E-state index is 0.132. The molecule has 3 heteroatoms. The van der Waals surface area contributed by atoms with Gasteiger partial charge in [-0.15, -0.1) is 0 Å². The smallest absolute Gasteiger partial charge is 0.0498 e. The molecule has 3 N–H and O–H groups in total. The fraction of sp³-hybridized carbons (Fsp3) is 0.250. The summed E-state index contributed by atoms with van der Waals surface area (Å²) in [6.45, 7) is 0.277. The molecule has 1 heterocycles. The largest absolute Gasteiger partial charge is 0.396 e. The van der Waals surface area contributed by atoms with Crippen molar-refractivity contribution < 1.29 is 10.2 Å². The second-order valence-corrected chi connectivity index (χ2v) is 4.80. The monoisotopic (exact) mass is 255 g/mol. The van der Waals surface area contributed by atoms with Crippen LogP contribution in [0.2, 0.25) is 0 Å². The van der Waals surface area contributed by atoms with Crippen LogP contribution in [0.15, 0.2) is 36.4 Å². The van der Waals surface area contributed by atoms with Crippen LogP contribution in [0, 0.1) is 0 Å². The normalized spacial score (nSPS) is 11.5. The minimum atomic E-state index is 0.132. The van der Waals surface area contributed by atoms with Gasteiger partial charge in [0.1, 0.15) is 0 Å². The summed E-state index contributed by atoms with van der Waals surface area (Å²) in [7, 11) is 0. The minimum Gasteiger partial charge on any atom is -0.396 e. The molecule has 0 amide bonds. The molecule has 1 aromatic heterocycles. The van der Waals surface area contributed by atoms with E-state index < -0.39 is 0 Å². The summed E-state index contributed by atoms with van der Waals surface area (Å²) in [6, 6.07) is 12.4. The second-order valence-electron chi connectivity index (χ2n) is 4.80. The number of fused-ring (bicyclic) bond motifs is 3. The molecule has 3 nitrogen and oxygen atoms in total. The summed E-state index contributed by atoms with van der Waals surface area (Å²) in [5.41, 5.74) is 4.43. The molecule has 0 aliphatic rings. The van der Waals surface area contributed by atoms with Crippen LogP contribution in [0.4, 0.5) is 0 Å². The van der Waals surface area contributed by atoms with Gasteiger partial charge in [0, 0.05) is 35.0 Å². The highest BCUT2D eigenvalue weighted by molar-refractivity contribution is 6.08. The van der Waals surface area contributed by atoms with Crippen LogP contribution in [0.3, 0.4) is 0 Å². The second kappa shape index (κ2) is 5.03. The Labute approximate surface area is 111 Å². The molecule has 0 saturated heterocycles. The molecule has 2 aromatic carbocycles. The van der Waals surface area contributed by atoms with Crippen molar-refractivity contribution in [1.82, 2.24) is 4.98 Å². The van der Waals surface area contributed by atoms with Gasteiger partial charge in [0.2, 0.25) is 0 Å². The number of benzene rings is 2. The summed E-state index contributed by atoms with van der Waals surface area (Å²) in [5, 5.41) is 20.7. The first-order chi connectivity index (χ1) is 9.33. The first-order valence-corrected chi connectivity index (χ1v) is 6.57. The molecule has 0 atom stereocenters. The molecule has 0 spiro atoms. The number of aliphatic hydroxyl groups is 2. The van der Waals surface area contributed by atoms with Crippen molar-refractivity contribution in [3.63, 3.8) is 0 Å². The number of nitrogens with one attached hydrogen (secondary N) is 1. The maximum Gasteiger partial charge on any atom is 0.0498 e. The van der Waals surface area contributed by atoms with Gasteiger partial charge in [-0.05, 0) is 36.1 Å². The quantitative estimate of drug-likeness (QED) is 0.670. The lowest BCUT2D eigenvalue weighted by molar-refractivity contribution is 0.298. The van der Waals surface area contributed by atoms with Crippen molar-refractivity contribution in [2.45, 2.75) is 12.8 Å². The average Bonchev–Trinajstić information content (AvgIpc) is 2.79. The molecule has 98 valence electrons. The summed E-state index contributed by atoms with van der Waals surface area (Å²) >= 11 is 0. The van der Waals surface area contributed by atoms with Crippen molar-refractivity contribution in [1.29, 1.82) is 0 Å². The summed E-state index contributed by atoms with van der Waals surface area (Å²) in [6.07, 6.45) is 1.27. The molecular formula is C16H17NO2. The zero-order valence-electron chi connectivity index (χ0n) is 10.7. The van der Waals surface area contributed by atoms with Crippen molar-refractivity contribution in [3.05, 3.63) is 47.5 Å². The van der Waals surface area contributed by atoms with Crippen LogP contribution in [0.5, 0.6) is 0 Å². The van der Waals surface area contributed by atoms with E-state index in [9.17, 15) is 5.11 Å². The van der Waals surface area contributed by atoms with Gasteiger partial charge in [-0.3, -0.25) is 0 Å². The Morgan fingerprint density at radius 3 is 2.47 bits per heavy atom. The van der Waals surface area contributed by atoms with E-state index in [-0.39, 0.29) is 13.2 Å². The Bertz CT molecular complexity index is 715. The molecule has 3 aromatic rings. The average molecular weight is 255 g/mol. The van der Waals surface area contributed by atoms with Gasteiger partial charge in [-0.1, -0.05) is 24.3 Å². The van der Waals surface area contributed by atoms with Crippen molar-refractivity contribution >= 4 is 21.8 Å². The van der Waals surface area contributed by atoms with Gasteiger partial charge in [0.15, 0.2) is 0 Å². The zero-order chi connectivity index (χ0) is 13.2. The Kier molecular flexibility index (Phi) is 3.23. The van der Waals surface area contributed by atoms with E-state index in [2.05, 4.69) is 29.2 Å². The first kappa shape index (κ1) is 12.2. The van der Waals surface area contributed by atoms with Gasteiger partial charge >= 0.3 is 0 Å². The molecule has 0 unspecified atom stereocenters. The molecule has 0 aliphatic heterocycles. The number of hydrogen-bond donors (Lipinski definition) is 3. The van der Waals surface area contributed by atoms with Crippen molar-refractivity contribution in [3.8, 4) is 0 Å². The number of hydrogen-bond acceptors (Lipinski definition) is 2. The van der Waals surface area contributed by atoms with Crippen molar-refractivity contribution in [2.24, 2.45) is 0 Å². The van der Waals surface area contributed by atoms with E-state index in [0.717, 1.165) is 22.2 Å². The SMILES string of the molecule is OCCc1cc(CCO)c2[nH]c3ccccc3c2c1. The van der Waals surface area contributed by atoms with Crippen LogP contribution < -0.4 is 0 Å². The van der Waals surface area contributed by atoms with E-state index in [0.29, 0.717) is 12.8 Å². The highest BCUT2D eigenvalue weighted by Crippen LogP contribution is 2.29. The fourth-order valence-corrected chi connectivity index (χ4v) is 2.68. The highest BCUT2D eigenvalue weighted by atomic mass is 16.3. The molecular weight excluding hydrogens is 238 g/mol. The Hall–Kier alpha value is -1.84. The van der Waals surface area contributed by atoms with Crippen LogP contribution >= 0.6 is 0 Å². The molecule has 3 rings (SSSR count). The molecule has 0 fully saturated rings. The van der Waals surface area contributed by atoms with Crippen LogP contribution in [-0.4, -0.2) is 28.4 Å². The highest BCUT2D eigenvalue weighted by Gasteiger charge is 2.09. The van der Waals surface area contributed by atoms with E-state index in [4.69, 9.17) is 5.11 Å². The molecule has 0 saturated carbocycles. The molecule has 0 radical (unpaired) electrons. The van der Waals surface area contributed by atoms with Gasteiger partial charge in [-0.25, -0.2) is 0 Å². The third-order valence-electron chi connectivity index (χ3n) is 3.54. The lowest BCUT2D eigenvalue weighted by atomic mass is 10.0. The third kappa shape index (κ3) is 2.11. The Morgan fingerprint density at radius 1 is 0.895 bits per heavy atom. The topological polar surface area (TPSA) is 56.2 Å².